The number of rotatable bonds is 6. The lowest BCUT2D eigenvalue weighted by Crippen LogP contribution is -2.23. The normalized spacial score (nSPS) is 16.2. The first-order chi connectivity index (χ1) is 13.3. The molecule has 138 valence electrons. The summed E-state index contributed by atoms with van der Waals surface area (Å²) < 4.78 is 5.48. The largest absolute Gasteiger partial charge is 0.356 e. The maximum atomic E-state index is 13.0. The topological polar surface area (TPSA) is 67.0 Å². The van der Waals surface area contributed by atoms with Crippen LogP contribution in [0, 0.1) is 5.92 Å². The second-order valence-electron chi connectivity index (χ2n) is 6.60. The molecular formula is C21H21N3O2S. The van der Waals surface area contributed by atoms with E-state index in [1.165, 1.54) is 12.0 Å². The summed E-state index contributed by atoms with van der Waals surface area (Å²) in [5, 5.41) is 3.46. The van der Waals surface area contributed by atoms with E-state index in [-0.39, 0.29) is 11.7 Å². The predicted molar refractivity (Wildman–Crippen MR) is 109 cm³/mol. The van der Waals surface area contributed by atoms with Gasteiger partial charge >= 0.3 is 0 Å². The van der Waals surface area contributed by atoms with Gasteiger partial charge in [-0.25, -0.2) is 0 Å². The third-order valence-electron chi connectivity index (χ3n) is 4.76. The monoisotopic (exact) mass is 379 g/mol. The van der Waals surface area contributed by atoms with E-state index in [0.29, 0.717) is 13.0 Å². The van der Waals surface area contributed by atoms with Gasteiger partial charge in [-0.15, -0.1) is 0 Å². The molecule has 3 aromatic rings. The molecule has 0 spiro atoms. The van der Waals surface area contributed by atoms with Crippen LogP contribution in [0.2, 0.25) is 0 Å². The van der Waals surface area contributed by atoms with Crippen molar-refractivity contribution in [1.82, 2.24) is 9.97 Å². The number of aromatic amines is 1. The van der Waals surface area contributed by atoms with Crippen molar-refractivity contribution in [2.24, 2.45) is 5.92 Å². The Balaban J connectivity index is 1.76. The number of anilines is 2. The number of carbonyl (C=O) groups is 1. The number of hydrogen-bond donors (Lipinski definition) is 2. The lowest BCUT2D eigenvalue weighted by Gasteiger charge is -2.21. The Morgan fingerprint density at radius 2 is 1.96 bits per heavy atom. The molecular weight excluding hydrogens is 358 g/mol. The van der Waals surface area contributed by atoms with Crippen LogP contribution in [0.25, 0.3) is 11.3 Å². The lowest BCUT2D eigenvalue weighted by molar-refractivity contribution is 0.0932. The Bertz CT molecular complexity index is 925. The van der Waals surface area contributed by atoms with Gasteiger partial charge < -0.3 is 14.5 Å². The minimum Gasteiger partial charge on any atom is -0.356 e. The number of pyridine rings is 1. The molecule has 1 aromatic carbocycles. The molecule has 1 unspecified atom stereocenters. The van der Waals surface area contributed by atoms with Gasteiger partial charge in [-0.3, -0.25) is 9.78 Å². The zero-order valence-corrected chi connectivity index (χ0v) is 15.9. The molecule has 2 heterocycles. The number of nitrogens with one attached hydrogen (secondary N) is 2. The molecule has 0 saturated carbocycles. The minimum atomic E-state index is 0.154. The fourth-order valence-electron chi connectivity index (χ4n) is 3.55. The molecule has 0 radical (unpaired) electrons. The van der Waals surface area contributed by atoms with Crippen molar-refractivity contribution < 1.29 is 8.98 Å². The van der Waals surface area contributed by atoms with Crippen LogP contribution in [0.4, 0.5) is 11.4 Å². The molecule has 0 saturated heterocycles. The number of aromatic nitrogens is 2. The molecule has 6 heteroatoms. The molecule has 4 rings (SSSR count). The van der Waals surface area contributed by atoms with E-state index in [0.717, 1.165) is 40.3 Å². The predicted octanol–water partition coefficient (Wildman–Crippen LogP) is 4.86. The molecule has 2 N–H and O–H groups in total. The van der Waals surface area contributed by atoms with Crippen molar-refractivity contribution in [3.63, 3.8) is 0 Å². The first-order valence-corrected chi connectivity index (χ1v) is 10.1. The molecule has 5 nitrogen and oxygen atoms in total. The van der Waals surface area contributed by atoms with Crippen molar-refractivity contribution >= 4 is 29.2 Å². The maximum Gasteiger partial charge on any atom is 0.167 e. The van der Waals surface area contributed by atoms with E-state index in [2.05, 4.69) is 15.3 Å². The van der Waals surface area contributed by atoms with Crippen LogP contribution in [-0.4, -0.2) is 28.6 Å². The van der Waals surface area contributed by atoms with Crippen molar-refractivity contribution in [3.05, 3.63) is 66.1 Å². The van der Waals surface area contributed by atoms with Gasteiger partial charge in [0.15, 0.2) is 5.78 Å². The van der Waals surface area contributed by atoms with Crippen LogP contribution >= 0.6 is 12.0 Å². The van der Waals surface area contributed by atoms with Crippen molar-refractivity contribution in [2.45, 2.75) is 12.8 Å². The van der Waals surface area contributed by atoms with Crippen LogP contribution in [0.5, 0.6) is 0 Å². The van der Waals surface area contributed by atoms with E-state index in [1.807, 2.05) is 48.7 Å². The molecule has 2 aromatic heterocycles. The van der Waals surface area contributed by atoms with Gasteiger partial charge in [0.1, 0.15) is 0 Å². The second kappa shape index (κ2) is 7.98. The Kier molecular flexibility index (Phi) is 5.27. The van der Waals surface area contributed by atoms with Gasteiger partial charge in [-0.2, -0.15) is 0 Å². The van der Waals surface area contributed by atoms with Gasteiger partial charge in [0.05, 0.1) is 23.6 Å². The highest BCUT2D eigenvalue weighted by molar-refractivity contribution is 7.93. The van der Waals surface area contributed by atoms with E-state index in [4.69, 9.17) is 4.18 Å². The maximum absolute atomic E-state index is 13.0. The third kappa shape index (κ3) is 3.77. The zero-order valence-electron chi connectivity index (χ0n) is 15.1. The number of nitrogens with zero attached hydrogens (tertiary/aromatic N) is 1. The quantitative estimate of drug-likeness (QED) is 0.599. The van der Waals surface area contributed by atoms with Gasteiger partial charge in [0.25, 0.3) is 0 Å². The van der Waals surface area contributed by atoms with E-state index in [9.17, 15) is 4.79 Å². The fraction of sp³-hybridized carbons (Fsp3) is 0.238. The summed E-state index contributed by atoms with van der Waals surface area (Å²) in [6, 6.07) is 13.8. The first-order valence-electron chi connectivity index (χ1n) is 8.92. The van der Waals surface area contributed by atoms with Crippen molar-refractivity contribution in [1.29, 1.82) is 0 Å². The van der Waals surface area contributed by atoms with Crippen LogP contribution in [0.3, 0.4) is 0 Å². The number of carbonyl (C=O) groups excluding carboxylic acids is 1. The highest BCUT2D eigenvalue weighted by Crippen LogP contribution is 2.39. The summed E-state index contributed by atoms with van der Waals surface area (Å²) in [6.45, 7) is 0.581. The molecule has 0 fully saturated rings. The Morgan fingerprint density at radius 1 is 1.19 bits per heavy atom. The van der Waals surface area contributed by atoms with Gasteiger partial charge in [0.2, 0.25) is 0 Å². The van der Waals surface area contributed by atoms with E-state index >= 15 is 0 Å². The molecule has 0 bridgehead atoms. The standard InChI is InChI=1S/C21H21N3O2S/c1-27-26-13-14-11-17-19(18(25)12-14)21(23-16-5-3-2-4-6-16)20(24-17)15-7-9-22-10-8-15/h2-10,14,23-24H,11-13H2,1H3. The fourth-order valence-corrected chi connectivity index (χ4v) is 3.87. The molecule has 0 amide bonds. The van der Waals surface area contributed by atoms with Crippen LogP contribution < -0.4 is 5.32 Å². The van der Waals surface area contributed by atoms with Crippen LogP contribution in [-0.2, 0) is 10.6 Å². The number of ketones is 1. The second-order valence-corrected chi connectivity index (χ2v) is 7.17. The van der Waals surface area contributed by atoms with Gasteiger partial charge in [-0.05, 0) is 48.6 Å². The SMILES string of the molecule is CSOCC1CC(=O)c2c([nH]c(-c3ccncc3)c2Nc2ccccc2)C1. The molecule has 1 aliphatic carbocycles. The summed E-state index contributed by atoms with van der Waals surface area (Å²) in [6.07, 6.45) is 6.73. The highest BCUT2D eigenvalue weighted by atomic mass is 32.2. The molecule has 1 atom stereocenters. The zero-order chi connectivity index (χ0) is 18.6. The average molecular weight is 379 g/mol. The average Bonchev–Trinajstić information content (AvgIpc) is 3.06. The third-order valence-corrected chi connectivity index (χ3v) is 5.13. The van der Waals surface area contributed by atoms with Gasteiger partial charge in [-0.1, -0.05) is 18.2 Å². The summed E-state index contributed by atoms with van der Waals surface area (Å²) in [7, 11) is 0. The Labute approximate surface area is 162 Å². The smallest absolute Gasteiger partial charge is 0.167 e. The van der Waals surface area contributed by atoms with Gasteiger partial charge in [0, 0.05) is 42.0 Å². The van der Waals surface area contributed by atoms with E-state index in [1.54, 1.807) is 12.4 Å². The van der Waals surface area contributed by atoms with Crippen LogP contribution in [0.15, 0.2) is 54.9 Å². The summed E-state index contributed by atoms with van der Waals surface area (Å²) in [5.74, 6) is 0.354. The number of para-hydroxylation sites is 1. The van der Waals surface area contributed by atoms with Crippen molar-refractivity contribution in [2.75, 3.05) is 18.2 Å². The molecule has 0 aliphatic heterocycles. The number of H-pyrrole nitrogens is 1. The minimum absolute atomic E-state index is 0.154. The Hall–Kier alpha value is -2.57. The summed E-state index contributed by atoms with van der Waals surface area (Å²) in [5.41, 5.74) is 5.47. The molecule has 1 aliphatic rings. The summed E-state index contributed by atoms with van der Waals surface area (Å²) in [4.78, 5) is 20.6. The van der Waals surface area contributed by atoms with Crippen molar-refractivity contribution in [3.8, 4) is 11.3 Å². The highest BCUT2D eigenvalue weighted by Gasteiger charge is 2.31. The number of benzene rings is 1. The first kappa shape index (κ1) is 17.8. The van der Waals surface area contributed by atoms with Crippen LogP contribution in [0.1, 0.15) is 22.5 Å². The molecule has 27 heavy (non-hydrogen) atoms. The summed E-state index contributed by atoms with van der Waals surface area (Å²) >= 11 is 1.34. The number of hydrogen-bond acceptors (Lipinski definition) is 5. The van der Waals surface area contributed by atoms with E-state index < -0.39 is 0 Å². The number of fused-ring (bicyclic) bond motifs is 1. The Morgan fingerprint density at radius 3 is 2.70 bits per heavy atom. The lowest BCUT2D eigenvalue weighted by atomic mass is 9.86. The number of Topliss-reactive ketones (excluding diaryl/α,β-unsaturated/α-hetero) is 1.